The molecule has 1 unspecified atom stereocenters. The molecule has 0 bridgehead atoms. The van der Waals surface area contributed by atoms with E-state index in [1.165, 1.54) is 21.7 Å². The third-order valence-electron chi connectivity index (χ3n) is 3.43. The van der Waals surface area contributed by atoms with Gasteiger partial charge in [0.25, 0.3) is 5.91 Å². The molecule has 110 valence electrons. The van der Waals surface area contributed by atoms with Crippen LogP contribution in [0.5, 0.6) is 0 Å². The second-order valence-electron chi connectivity index (χ2n) is 4.89. The number of hydrogen-bond acceptors (Lipinski definition) is 4. The summed E-state index contributed by atoms with van der Waals surface area (Å²) in [5.74, 6) is -1.35. The van der Waals surface area contributed by atoms with E-state index in [1.807, 2.05) is 0 Å². The van der Waals surface area contributed by atoms with Crippen molar-refractivity contribution in [2.24, 2.45) is 0 Å². The number of carbonyl (C=O) groups is 2. The van der Waals surface area contributed by atoms with Crippen molar-refractivity contribution in [3.63, 3.8) is 0 Å². The lowest BCUT2D eigenvalue weighted by molar-refractivity contribution is -0.137. The van der Waals surface area contributed by atoms with Crippen molar-refractivity contribution in [3.8, 4) is 0 Å². The molecule has 2 rings (SSSR count). The molecule has 0 aromatic carbocycles. The van der Waals surface area contributed by atoms with E-state index >= 15 is 0 Å². The predicted octanol–water partition coefficient (Wildman–Crippen LogP) is -0.168. The molecule has 0 aliphatic carbocycles. The van der Waals surface area contributed by atoms with Crippen LogP contribution in [0.1, 0.15) is 16.9 Å². The van der Waals surface area contributed by atoms with Gasteiger partial charge in [-0.3, -0.25) is 9.59 Å². The van der Waals surface area contributed by atoms with E-state index in [2.05, 4.69) is 0 Å². The Kier molecular flexibility index (Phi) is 3.85. The van der Waals surface area contributed by atoms with Crippen molar-refractivity contribution in [2.45, 2.75) is 19.0 Å². The molecule has 1 fully saturated rings. The van der Waals surface area contributed by atoms with Crippen LogP contribution in [-0.4, -0.2) is 59.5 Å². The second kappa shape index (κ2) is 5.28. The maximum absolute atomic E-state index is 12.3. The molecule has 1 amide bonds. The molecule has 1 aliphatic rings. The summed E-state index contributed by atoms with van der Waals surface area (Å²) >= 11 is 0. The third kappa shape index (κ3) is 3.01. The minimum Gasteiger partial charge on any atom is -0.480 e. The van der Waals surface area contributed by atoms with Crippen molar-refractivity contribution in [3.05, 3.63) is 24.0 Å². The van der Waals surface area contributed by atoms with Crippen LogP contribution < -0.4 is 0 Å². The number of aliphatic carboxylic acids is 1. The summed E-state index contributed by atoms with van der Waals surface area (Å²) in [4.78, 5) is 24.4. The molecule has 1 saturated heterocycles. The van der Waals surface area contributed by atoms with Crippen LogP contribution in [0.25, 0.3) is 0 Å². The fourth-order valence-electron chi connectivity index (χ4n) is 2.32. The maximum Gasteiger partial charge on any atom is 0.323 e. The van der Waals surface area contributed by atoms with Crippen LogP contribution in [0.2, 0.25) is 0 Å². The molecule has 1 aromatic rings. The maximum atomic E-state index is 12.3. The van der Waals surface area contributed by atoms with E-state index in [0.29, 0.717) is 6.42 Å². The number of carboxylic acid groups (broad SMARTS) is 1. The van der Waals surface area contributed by atoms with Gasteiger partial charge < -0.3 is 14.6 Å². The van der Waals surface area contributed by atoms with Gasteiger partial charge in [0.1, 0.15) is 12.2 Å². The summed E-state index contributed by atoms with van der Waals surface area (Å²) in [6, 6.07) is 2.78. The highest BCUT2D eigenvalue weighted by molar-refractivity contribution is 7.91. The van der Waals surface area contributed by atoms with E-state index in [-0.39, 0.29) is 35.7 Å². The van der Waals surface area contributed by atoms with Crippen molar-refractivity contribution in [2.75, 3.05) is 18.6 Å². The van der Waals surface area contributed by atoms with Crippen molar-refractivity contribution in [1.82, 2.24) is 9.47 Å². The first-order valence-electron chi connectivity index (χ1n) is 6.14. The van der Waals surface area contributed by atoms with Gasteiger partial charge in [-0.25, -0.2) is 8.42 Å². The van der Waals surface area contributed by atoms with E-state index in [0.717, 1.165) is 0 Å². The second-order valence-corrected chi connectivity index (χ2v) is 7.12. The summed E-state index contributed by atoms with van der Waals surface area (Å²) in [7, 11) is -1.52. The zero-order valence-corrected chi connectivity index (χ0v) is 11.8. The minimum absolute atomic E-state index is 0.0329. The Balaban J connectivity index is 2.15. The number of aromatic nitrogens is 1. The molecule has 1 aliphatic heterocycles. The summed E-state index contributed by atoms with van der Waals surface area (Å²) in [6.45, 7) is -0.301. The lowest BCUT2D eigenvalue weighted by atomic mass is 10.2. The molecule has 2 heterocycles. The van der Waals surface area contributed by atoms with Crippen LogP contribution >= 0.6 is 0 Å². The first kappa shape index (κ1) is 14.6. The standard InChI is InChI=1S/C12H16N2O5S/c1-13(9-4-6-20(18,19)8-9)12(17)10-3-2-5-14(10)7-11(15)16/h2-3,5,9H,4,6-8H2,1H3,(H,15,16). The molecule has 0 spiro atoms. The summed E-state index contributed by atoms with van der Waals surface area (Å²) < 4.78 is 24.2. The highest BCUT2D eigenvalue weighted by Gasteiger charge is 2.33. The van der Waals surface area contributed by atoms with E-state index in [1.54, 1.807) is 13.1 Å². The molecule has 8 heteroatoms. The van der Waals surface area contributed by atoms with Gasteiger partial charge in [-0.05, 0) is 18.6 Å². The highest BCUT2D eigenvalue weighted by atomic mass is 32.2. The Hall–Kier alpha value is -1.83. The fraction of sp³-hybridized carbons (Fsp3) is 0.500. The predicted molar refractivity (Wildman–Crippen MR) is 71.2 cm³/mol. The first-order valence-corrected chi connectivity index (χ1v) is 7.97. The van der Waals surface area contributed by atoms with Crippen molar-refractivity contribution < 1.29 is 23.1 Å². The van der Waals surface area contributed by atoms with Crippen molar-refractivity contribution >= 4 is 21.7 Å². The summed E-state index contributed by atoms with van der Waals surface area (Å²) in [5.41, 5.74) is 0.249. The number of carboxylic acids is 1. The molecule has 0 radical (unpaired) electrons. The monoisotopic (exact) mass is 300 g/mol. The topological polar surface area (TPSA) is 96.7 Å². The number of rotatable bonds is 4. The van der Waals surface area contributed by atoms with Crippen LogP contribution in [0.4, 0.5) is 0 Å². The smallest absolute Gasteiger partial charge is 0.323 e. The Morgan fingerprint density at radius 3 is 2.75 bits per heavy atom. The highest BCUT2D eigenvalue weighted by Crippen LogP contribution is 2.18. The average Bonchev–Trinajstić information content (AvgIpc) is 2.93. The summed E-state index contributed by atoms with van der Waals surface area (Å²) in [5, 5.41) is 8.79. The van der Waals surface area contributed by atoms with Gasteiger partial charge in [0.05, 0.1) is 11.5 Å². The SMILES string of the molecule is CN(C(=O)c1cccn1CC(=O)O)C1CCS(=O)(=O)C1. The van der Waals surface area contributed by atoms with E-state index in [9.17, 15) is 18.0 Å². The number of amides is 1. The van der Waals surface area contributed by atoms with E-state index in [4.69, 9.17) is 5.11 Å². The molecule has 20 heavy (non-hydrogen) atoms. The zero-order chi connectivity index (χ0) is 14.9. The van der Waals surface area contributed by atoms with Gasteiger partial charge in [-0.2, -0.15) is 0 Å². The fourth-order valence-corrected chi connectivity index (χ4v) is 4.09. The van der Waals surface area contributed by atoms with E-state index < -0.39 is 15.8 Å². The first-order chi connectivity index (χ1) is 9.30. The minimum atomic E-state index is -3.07. The molecule has 1 N–H and O–H groups in total. The molecular weight excluding hydrogens is 284 g/mol. The van der Waals surface area contributed by atoms with Gasteiger partial charge in [-0.15, -0.1) is 0 Å². The molecule has 1 atom stereocenters. The van der Waals surface area contributed by atoms with Gasteiger partial charge >= 0.3 is 5.97 Å². The molecule has 7 nitrogen and oxygen atoms in total. The lowest BCUT2D eigenvalue weighted by Gasteiger charge is -2.23. The number of carbonyl (C=O) groups excluding carboxylic acids is 1. The van der Waals surface area contributed by atoms with Crippen LogP contribution in [0.15, 0.2) is 18.3 Å². The van der Waals surface area contributed by atoms with Gasteiger partial charge in [0, 0.05) is 19.3 Å². The molecule has 0 saturated carbocycles. The van der Waals surface area contributed by atoms with Crippen LogP contribution in [0, 0.1) is 0 Å². The Labute approximate surface area is 116 Å². The Bertz CT molecular complexity index is 634. The third-order valence-corrected chi connectivity index (χ3v) is 5.18. The zero-order valence-electron chi connectivity index (χ0n) is 11.0. The normalized spacial score (nSPS) is 20.8. The largest absolute Gasteiger partial charge is 0.480 e. The van der Waals surface area contributed by atoms with Gasteiger partial charge in [-0.1, -0.05) is 0 Å². The van der Waals surface area contributed by atoms with Crippen molar-refractivity contribution in [1.29, 1.82) is 0 Å². The molecule has 1 aromatic heterocycles. The number of nitrogens with zero attached hydrogens (tertiary/aromatic N) is 2. The lowest BCUT2D eigenvalue weighted by Crippen LogP contribution is -2.38. The molecular formula is C12H16N2O5S. The van der Waals surface area contributed by atoms with Gasteiger partial charge in [0.2, 0.25) is 0 Å². The quantitative estimate of drug-likeness (QED) is 0.833. The van der Waals surface area contributed by atoms with Crippen LogP contribution in [0.3, 0.4) is 0 Å². The summed E-state index contributed by atoms with van der Waals surface area (Å²) in [6.07, 6.45) is 1.94. The number of hydrogen-bond donors (Lipinski definition) is 1. The van der Waals surface area contributed by atoms with Gasteiger partial charge in [0.15, 0.2) is 9.84 Å². The average molecular weight is 300 g/mol. The Morgan fingerprint density at radius 2 is 2.20 bits per heavy atom. The van der Waals surface area contributed by atoms with Crippen LogP contribution in [-0.2, 0) is 21.2 Å². The Morgan fingerprint density at radius 1 is 1.50 bits per heavy atom. The number of sulfone groups is 1.